The first-order chi connectivity index (χ1) is 9.81. The Hall–Kier alpha value is -2.21. The molecule has 0 spiro atoms. The van der Waals surface area contributed by atoms with Crippen LogP contribution >= 0.6 is 11.3 Å². The number of aryl methyl sites for hydroxylation is 2. The first-order valence-electron chi connectivity index (χ1n) is 6.22. The number of nitrogens with one attached hydrogen (secondary N) is 1. The lowest BCUT2D eigenvalue weighted by atomic mass is 10.1. The minimum Gasteiger partial charge on any atom is -0.478 e. The summed E-state index contributed by atoms with van der Waals surface area (Å²) in [6.45, 7) is 5.20. The molecule has 0 bridgehead atoms. The second-order valence-electron chi connectivity index (χ2n) is 4.73. The van der Waals surface area contributed by atoms with E-state index in [2.05, 4.69) is 5.32 Å². The number of hydrogen-bond acceptors (Lipinski definition) is 3. The van der Waals surface area contributed by atoms with Gasteiger partial charge in [0.15, 0.2) is 0 Å². The first kappa shape index (κ1) is 15.2. The Bertz CT molecular complexity index is 737. The topological polar surface area (TPSA) is 66.4 Å². The Labute approximate surface area is 125 Å². The van der Waals surface area contributed by atoms with Gasteiger partial charge in [0.05, 0.1) is 11.1 Å². The molecule has 0 unspecified atom stereocenters. The third kappa shape index (κ3) is 2.95. The van der Waals surface area contributed by atoms with Crippen molar-refractivity contribution in [1.29, 1.82) is 0 Å². The van der Waals surface area contributed by atoms with Gasteiger partial charge in [-0.15, -0.1) is 11.3 Å². The van der Waals surface area contributed by atoms with Crippen LogP contribution in [0.15, 0.2) is 18.2 Å². The molecule has 2 rings (SSSR count). The van der Waals surface area contributed by atoms with Crippen LogP contribution in [0.1, 0.15) is 36.7 Å². The Morgan fingerprint density at radius 3 is 2.52 bits per heavy atom. The number of carbonyl (C=O) groups excluding carboxylic acids is 1. The van der Waals surface area contributed by atoms with E-state index < -0.39 is 17.7 Å². The summed E-state index contributed by atoms with van der Waals surface area (Å²) >= 11 is 1.17. The molecule has 1 aromatic heterocycles. The molecule has 1 aromatic carbocycles. The fourth-order valence-corrected chi connectivity index (χ4v) is 3.00. The number of carbonyl (C=O) groups is 2. The predicted molar refractivity (Wildman–Crippen MR) is 79.8 cm³/mol. The third-order valence-electron chi connectivity index (χ3n) is 3.19. The van der Waals surface area contributed by atoms with Crippen LogP contribution in [-0.4, -0.2) is 17.0 Å². The summed E-state index contributed by atoms with van der Waals surface area (Å²) in [5.41, 5.74) is 1.31. The van der Waals surface area contributed by atoms with E-state index in [4.69, 9.17) is 0 Å². The maximum absolute atomic E-state index is 13.7. The van der Waals surface area contributed by atoms with E-state index in [1.54, 1.807) is 26.8 Å². The van der Waals surface area contributed by atoms with Crippen LogP contribution in [0, 0.1) is 26.6 Å². The van der Waals surface area contributed by atoms with E-state index in [1.807, 2.05) is 0 Å². The van der Waals surface area contributed by atoms with Gasteiger partial charge in [-0.2, -0.15) is 0 Å². The van der Waals surface area contributed by atoms with Crippen LogP contribution in [0.3, 0.4) is 0 Å². The minimum atomic E-state index is -1.11. The third-order valence-corrected chi connectivity index (χ3v) is 4.32. The average molecular weight is 307 g/mol. The Balaban J connectivity index is 2.38. The second-order valence-corrected chi connectivity index (χ2v) is 5.95. The number of halogens is 1. The zero-order valence-electron chi connectivity index (χ0n) is 11.8. The van der Waals surface area contributed by atoms with Gasteiger partial charge in [0.1, 0.15) is 10.8 Å². The van der Waals surface area contributed by atoms with Crippen molar-refractivity contribution in [3.8, 4) is 0 Å². The zero-order valence-corrected chi connectivity index (χ0v) is 12.6. The van der Waals surface area contributed by atoms with Crippen molar-refractivity contribution in [2.75, 3.05) is 5.32 Å². The standard InChI is InChI=1S/C15H14FNO3S/c1-7-4-5-11(16)10(6-7)13(18)17-14-12(15(19)20)8(2)9(3)21-14/h4-6H,1-3H3,(H,17,18)(H,19,20). The molecule has 0 aliphatic heterocycles. The summed E-state index contributed by atoms with van der Waals surface area (Å²) in [4.78, 5) is 24.2. The highest BCUT2D eigenvalue weighted by molar-refractivity contribution is 7.16. The molecule has 4 nitrogen and oxygen atoms in total. The predicted octanol–water partition coefficient (Wildman–Crippen LogP) is 3.76. The SMILES string of the molecule is Cc1ccc(F)c(C(=O)Nc2sc(C)c(C)c2C(=O)O)c1. The first-order valence-corrected chi connectivity index (χ1v) is 7.03. The monoisotopic (exact) mass is 307 g/mol. The van der Waals surface area contributed by atoms with Gasteiger partial charge in [-0.3, -0.25) is 4.79 Å². The van der Waals surface area contributed by atoms with Crippen LogP contribution in [0.5, 0.6) is 0 Å². The normalized spacial score (nSPS) is 10.5. The van der Waals surface area contributed by atoms with Crippen molar-refractivity contribution in [3.63, 3.8) is 0 Å². The summed E-state index contributed by atoms with van der Waals surface area (Å²) < 4.78 is 13.7. The maximum atomic E-state index is 13.7. The molecular formula is C15H14FNO3S. The van der Waals surface area contributed by atoms with E-state index in [-0.39, 0.29) is 16.1 Å². The number of amides is 1. The molecule has 2 N–H and O–H groups in total. The van der Waals surface area contributed by atoms with E-state index in [0.29, 0.717) is 5.56 Å². The van der Waals surface area contributed by atoms with E-state index >= 15 is 0 Å². The summed E-state index contributed by atoms with van der Waals surface area (Å²) in [5, 5.41) is 11.9. The molecule has 1 heterocycles. The minimum absolute atomic E-state index is 0.0545. The summed E-state index contributed by atoms with van der Waals surface area (Å²) in [6.07, 6.45) is 0. The number of aromatic carboxylic acids is 1. The quantitative estimate of drug-likeness (QED) is 0.907. The molecule has 110 valence electrons. The molecule has 0 saturated heterocycles. The number of carboxylic acids is 1. The molecule has 2 aromatic rings. The molecule has 0 aliphatic carbocycles. The number of thiophene rings is 1. The highest BCUT2D eigenvalue weighted by atomic mass is 32.1. The molecule has 0 saturated carbocycles. The molecule has 6 heteroatoms. The van der Waals surface area contributed by atoms with Crippen molar-refractivity contribution in [3.05, 3.63) is 51.1 Å². The van der Waals surface area contributed by atoms with Crippen molar-refractivity contribution < 1.29 is 19.1 Å². The lowest BCUT2D eigenvalue weighted by Crippen LogP contribution is -2.15. The van der Waals surface area contributed by atoms with Crippen LogP contribution in [0.25, 0.3) is 0 Å². The Morgan fingerprint density at radius 1 is 1.24 bits per heavy atom. The Kier molecular flexibility index (Phi) is 4.09. The molecule has 0 fully saturated rings. The molecule has 0 atom stereocenters. The molecule has 21 heavy (non-hydrogen) atoms. The van der Waals surface area contributed by atoms with Gasteiger partial charge in [-0.25, -0.2) is 9.18 Å². The largest absolute Gasteiger partial charge is 0.478 e. The summed E-state index contributed by atoms with van der Waals surface area (Å²) in [7, 11) is 0. The summed E-state index contributed by atoms with van der Waals surface area (Å²) in [6, 6.07) is 4.21. The number of benzene rings is 1. The van der Waals surface area contributed by atoms with Crippen molar-refractivity contribution >= 4 is 28.2 Å². The van der Waals surface area contributed by atoms with Crippen molar-refractivity contribution in [1.82, 2.24) is 0 Å². The number of anilines is 1. The lowest BCUT2D eigenvalue weighted by molar-refractivity contribution is 0.0697. The summed E-state index contributed by atoms with van der Waals surface area (Å²) in [5.74, 6) is -2.41. The van der Waals surface area contributed by atoms with Gasteiger partial charge in [-0.1, -0.05) is 11.6 Å². The fraction of sp³-hybridized carbons (Fsp3) is 0.200. The van der Waals surface area contributed by atoms with Gasteiger partial charge in [0, 0.05) is 4.88 Å². The van der Waals surface area contributed by atoms with Crippen LogP contribution in [0.2, 0.25) is 0 Å². The lowest BCUT2D eigenvalue weighted by Gasteiger charge is -2.06. The van der Waals surface area contributed by atoms with Gasteiger partial charge in [0.25, 0.3) is 5.91 Å². The molecule has 0 radical (unpaired) electrons. The van der Waals surface area contributed by atoms with Crippen LogP contribution < -0.4 is 5.32 Å². The van der Waals surface area contributed by atoms with Crippen LogP contribution in [0.4, 0.5) is 9.39 Å². The average Bonchev–Trinajstić information content (AvgIpc) is 2.67. The van der Waals surface area contributed by atoms with Gasteiger partial charge in [0.2, 0.25) is 0 Å². The highest BCUT2D eigenvalue weighted by Gasteiger charge is 2.21. The van der Waals surface area contributed by atoms with E-state index in [1.165, 1.54) is 23.5 Å². The number of hydrogen-bond donors (Lipinski definition) is 2. The zero-order chi connectivity index (χ0) is 15.7. The maximum Gasteiger partial charge on any atom is 0.338 e. The highest BCUT2D eigenvalue weighted by Crippen LogP contribution is 2.32. The Morgan fingerprint density at radius 2 is 1.90 bits per heavy atom. The fourth-order valence-electron chi connectivity index (χ4n) is 1.96. The molecule has 0 aliphatic rings. The molecular weight excluding hydrogens is 293 g/mol. The van der Waals surface area contributed by atoms with Gasteiger partial charge < -0.3 is 10.4 Å². The van der Waals surface area contributed by atoms with Crippen molar-refractivity contribution in [2.24, 2.45) is 0 Å². The van der Waals surface area contributed by atoms with Gasteiger partial charge >= 0.3 is 5.97 Å². The second kappa shape index (κ2) is 5.65. The number of carboxylic acid groups (broad SMARTS) is 1. The van der Waals surface area contributed by atoms with Crippen molar-refractivity contribution in [2.45, 2.75) is 20.8 Å². The van der Waals surface area contributed by atoms with E-state index in [0.717, 1.165) is 10.4 Å². The van der Waals surface area contributed by atoms with Crippen LogP contribution in [-0.2, 0) is 0 Å². The number of rotatable bonds is 3. The van der Waals surface area contributed by atoms with E-state index in [9.17, 15) is 19.1 Å². The molecule has 1 amide bonds. The smallest absolute Gasteiger partial charge is 0.338 e. The van der Waals surface area contributed by atoms with Gasteiger partial charge in [-0.05, 0) is 38.5 Å².